The summed E-state index contributed by atoms with van der Waals surface area (Å²) in [5.74, 6) is 0.148. The molecule has 2 heterocycles. The van der Waals surface area contributed by atoms with Gasteiger partial charge in [0.2, 0.25) is 5.78 Å². The molecule has 124 valence electrons. The van der Waals surface area contributed by atoms with Crippen LogP contribution >= 0.6 is 11.6 Å². The number of hydrogen-bond donors (Lipinski definition) is 1. The number of aryl methyl sites for hydroxylation is 3. The molecule has 0 fully saturated rings. The van der Waals surface area contributed by atoms with Gasteiger partial charge in [-0.05, 0) is 38.5 Å². The van der Waals surface area contributed by atoms with Gasteiger partial charge < -0.3 is 14.1 Å². The zero-order chi connectivity index (χ0) is 17.4. The highest BCUT2D eigenvalue weighted by molar-refractivity contribution is 6.32. The molecule has 6 heteroatoms. The summed E-state index contributed by atoms with van der Waals surface area (Å²) < 4.78 is 10.7. The fourth-order valence-corrected chi connectivity index (χ4v) is 2.88. The van der Waals surface area contributed by atoms with Crippen LogP contribution in [0.5, 0.6) is 5.75 Å². The van der Waals surface area contributed by atoms with E-state index in [1.807, 2.05) is 13.8 Å². The van der Waals surface area contributed by atoms with Gasteiger partial charge in [-0.1, -0.05) is 11.6 Å². The van der Waals surface area contributed by atoms with Gasteiger partial charge in [-0.3, -0.25) is 4.79 Å². The van der Waals surface area contributed by atoms with Crippen LogP contribution in [-0.4, -0.2) is 17.4 Å². The first-order valence-electron chi connectivity index (χ1n) is 7.41. The Morgan fingerprint density at radius 3 is 2.62 bits per heavy atom. The maximum absolute atomic E-state index is 12.3. The van der Waals surface area contributed by atoms with Gasteiger partial charge in [-0.25, -0.2) is 4.79 Å². The van der Waals surface area contributed by atoms with E-state index in [4.69, 9.17) is 20.8 Å². The fourth-order valence-electron chi connectivity index (χ4n) is 2.66. The van der Waals surface area contributed by atoms with Crippen molar-refractivity contribution in [1.29, 1.82) is 0 Å². The van der Waals surface area contributed by atoms with Gasteiger partial charge >= 0.3 is 5.63 Å². The maximum Gasteiger partial charge on any atom is 0.336 e. The van der Waals surface area contributed by atoms with Gasteiger partial charge in [-0.15, -0.1) is 0 Å². The summed E-state index contributed by atoms with van der Waals surface area (Å²) in [6.07, 6.45) is 0. The number of Topliss-reactive ketones (excluding diaryl/α,β-unsaturated/α-hetero) is 1. The number of carbonyl (C=O) groups excluding carboxylic acids is 1. The third kappa shape index (κ3) is 3.08. The van der Waals surface area contributed by atoms with Crippen molar-refractivity contribution in [2.24, 2.45) is 0 Å². The number of nitrogens with one attached hydrogen (secondary N) is 1. The molecule has 0 aliphatic rings. The lowest BCUT2D eigenvalue weighted by Gasteiger charge is -2.09. The molecule has 1 N–H and O–H groups in total. The minimum Gasteiger partial charge on any atom is -0.484 e. The van der Waals surface area contributed by atoms with Crippen LogP contribution in [0.2, 0.25) is 5.02 Å². The highest BCUT2D eigenvalue weighted by Crippen LogP contribution is 2.31. The number of halogens is 1. The van der Waals surface area contributed by atoms with Gasteiger partial charge in [0.15, 0.2) is 6.61 Å². The van der Waals surface area contributed by atoms with Crippen molar-refractivity contribution < 1.29 is 13.9 Å². The Hall–Kier alpha value is -2.53. The molecular formula is C18H16ClNO4. The average molecular weight is 346 g/mol. The topological polar surface area (TPSA) is 72.3 Å². The molecule has 3 rings (SSSR count). The summed E-state index contributed by atoms with van der Waals surface area (Å²) in [7, 11) is 0. The van der Waals surface area contributed by atoms with E-state index in [1.165, 1.54) is 12.1 Å². The molecule has 1 aromatic carbocycles. The first-order valence-corrected chi connectivity index (χ1v) is 7.79. The van der Waals surface area contributed by atoms with E-state index < -0.39 is 5.63 Å². The van der Waals surface area contributed by atoms with Crippen molar-refractivity contribution >= 4 is 28.4 Å². The number of ketones is 1. The average Bonchev–Trinajstić information content (AvgIpc) is 2.84. The number of H-pyrrole nitrogens is 1. The lowest BCUT2D eigenvalue weighted by Crippen LogP contribution is -2.12. The van der Waals surface area contributed by atoms with Gasteiger partial charge in [0.05, 0.1) is 5.02 Å². The van der Waals surface area contributed by atoms with E-state index >= 15 is 0 Å². The van der Waals surface area contributed by atoms with Crippen molar-refractivity contribution in [3.8, 4) is 5.75 Å². The molecule has 0 radical (unpaired) electrons. The minimum absolute atomic E-state index is 0.153. The molecule has 0 unspecified atom stereocenters. The molecule has 0 aliphatic carbocycles. The second kappa shape index (κ2) is 6.17. The normalized spacial score (nSPS) is 11.0. The first-order chi connectivity index (χ1) is 11.3. The number of carbonyl (C=O) groups is 1. The number of hydrogen-bond acceptors (Lipinski definition) is 4. The molecule has 0 saturated carbocycles. The third-order valence-electron chi connectivity index (χ3n) is 3.81. The smallest absolute Gasteiger partial charge is 0.336 e. The fraction of sp³-hybridized carbons (Fsp3) is 0.222. The SMILES string of the molecule is Cc1cc(C(=O)COc2cc3oc(=O)cc(C)c3cc2Cl)c(C)[nH]1. The standard InChI is InChI=1S/C18H16ClNO4/c1-9-4-18(22)24-16-7-17(14(19)6-12(9)16)23-8-15(21)13-5-10(2)20-11(13)3/h4-7,20H,8H2,1-3H3. The van der Waals surface area contributed by atoms with E-state index in [9.17, 15) is 9.59 Å². The van der Waals surface area contributed by atoms with Crippen LogP contribution in [0.3, 0.4) is 0 Å². The molecule has 0 spiro atoms. The second-order valence-electron chi connectivity index (χ2n) is 5.73. The molecule has 3 aromatic rings. The largest absolute Gasteiger partial charge is 0.484 e. The summed E-state index contributed by atoms with van der Waals surface area (Å²) in [5, 5.41) is 1.09. The van der Waals surface area contributed by atoms with Crippen LogP contribution in [-0.2, 0) is 0 Å². The van der Waals surface area contributed by atoms with Crippen LogP contribution in [0.4, 0.5) is 0 Å². The highest BCUT2D eigenvalue weighted by Gasteiger charge is 2.14. The van der Waals surface area contributed by atoms with Crippen LogP contribution in [0.25, 0.3) is 11.0 Å². The maximum atomic E-state index is 12.3. The second-order valence-corrected chi connectivity index (χ2v) is 6.14. The number of ether oxygens (including phenoxy) is 1. The van der Waals surface area contributed by atoms with E-state index in [-0.39, 0.29) is 12.4 Å². The quantitative estimate of drug-likeness (QED) is 0.573. The Bertz CT molecular complexity index is 1000. The zero-order valence-electron chi connectivity index (χ0n) is 13.5. The van der Waals surface area contributed by atoms with Crippen molar-refractivity contribution in [3.05, 3.63) is 62.2 Å². The van der Waals surface area contributed by atoms with Crippen molar-refractivity contribution in [2.45, 2.75) is 20.8 Å². The van der Waals surface area contributed by atoms with Crippen molar-refractivity contribution in [2.75, 3.05) is 6.61 Å². The molecule has 0 saturated heterocycles. The van der Waals surface area contributed by atoms with Gasteiger partial charge in [0, 0.05) is 34.5 Å². The molecule has 0 atom stereocenters. The van der Waals surface area contributed by atoms with Gasteiger partial charge in [0.25, 0.3) is 0 Å². The van der Waals surface area contributed by atoms with E-state index in [1.54, 1.807) is 19.1 Å². The summed E-state index contributed by atoms with van der Waals surface area (Å²) in [6, 6.07) is 6.39. The molecule has 0 amide bonds. The highest BCUT2D eigenvalue weighted by atomic mass is 35.5. The van der Waals surface area contributed by atoms with Gasteiger partial charge in [-0.2, -0.15) is 0 Å². The number of aromatic nitrogens is 1. The van der Waals surface area contributed by atoms with E-state index in [0.717, 1.165) is 22.3 Å². The monoisotopic (exact) mass is 345 g/mol. The summed E-state index contributed by atoms with van der Waals surface area (Å²) in [4.78, 5) is 26.8. The molecule has 24 heavy (non-hydrogen) atoms. The molecule has 0 bridgehead atoms. The van der Waals surface area contributed by atoms with Crippen LogP contribution in [0.15, 0.2) is 33.5 Å². The third-order valence-corrected chi connectivity index (χ3v) is 4.11. The number of fused-ring (bicyclic) bond motifs is 1. The van der Waals surface area contributed by atoms with Crippen LogP contribution < -0.4 is 10.4 Å². The number of benzene rings is 1. The Balaban J connectivity index is 1.87. The predicted molar refractivity (Wildman–Crippen MR) is 92.3 cm³/mol. The Kier molecular flexibility index (Phi) is 4.20. The van der Waals surface area contributed by atoms with E-state index in [2.05, 4.69) is 4.98 Å². The van der Waals surface area contributed by atoms with Crippen LogP contribution in [0.1, 0.15) is 27.3 Å². The zero-order valence-corrected chi connectivity index (χ0v) is 14.3. The Morgan fingerprint density at radius 2 is 1.96 bits per heavy atom. The van der Waals surface area contributed by atoms with E-state index in [0.29, 0.717) is 21.9 Å². The summed E-state index contributed by atoms with van der Waals surface area (Å²) in [5.41, 5.74) is 3.00. The van der Waals surface area contributed by atoms with Crippen molar-refractivity contribution in [3.63, 3.8) is 0 Å². The lowest BCUT2D eigenvalue weighted by atomic mass is 10.1. The minimum atomic E-state index is -0.442. The molecule has 5 nitrogen and oxygen atoms in total. The predicted octanol–water partition coefficient (Wildman–Crippen LogP) is 3.96. The van der Waals surface area contributed by atoms with Gasteiger partial charge in [0.1, 0.15) is 11.3 Å². The first kappa shape index (κ1) is 16.3. The Morgan fingerprint density at radius 1 is 1.21 bits per heavy atom. The molecule has 0 aliphatic heterocycles. The molecule has 2 aromatic heterocycles. The Labute approximate surface area is 143 Å². The summed E-state index contributed by atoms with van der Waals surface area (Å²) in [6.45, 7) is 5.37. The lowest BCUT2D eigenvalue weighted by molar-refractivity contribution is 0.0921. The van der Waals surface area contributed by atoms with Crippen LogP contribution in [0, 0.1) is 20.8 Å². The molecular weight excluding hydrogens is 330 g/mol. The summed E-state index contributed by atoms with van der Waals surface area (Å²) >= 11 is 6.22. The van der Waals surface area contributed by atoms with Crippen molar-refractivity contribution in [1.82, 2.24) is 4.98 Å². The number of rotatable bonds is 4. The number of aromatic amines is 1.